The Balaban J connectivity index is 1.64. The molecule has 18 heavy (non-hydrogen) atoms. The summed E-state index contributed by atoms with van der Waals surface area (Å²) in [5.41, 5.74) is 0. The molecular formula is C16H30N2. The van der Waals surface area contributed by atoms with Crippen LogP contribution < -0.4 is 5.32 Å². The molecule has 0 aromatic rings. The number of hydrogen-bond donors (Lipinski definition) is 1. The van der Waals surface area contributed by atoms with Gasteiger partial charge in [-0.2, -0.15) is 0 Å². The van der Waals surface area contributed by atoms with Crippen molar-refractivity contribution in [2.24, 2.45) is 11.8 Å². The molecule has 3 fully saturated rings. The average molecular weight is 250 g/mol. The zero-order chi connectivity index (χ0) is 12.4. The molecule has 0 aromatic heterocycles. The first-order chi connectivity index (χ1) is 8.88. The van der Waals surface area contributed by atoms with Gasteiger partial charge >= 0.3 is 0 Å². The first-order valence-electron chi connectivity index (χ1n) is 8.30. The minimum atomic E-state index is 0.754. The molecular weight excluding hydrogens is 220 g/mol. The van der Waals surface area contributed by atoms with Crippen LogP contribution in [-0.4, -0.2) is 37.1 Å². The molecule has 4 unspecified atom stereocenters. The van der Waals surface area contributed by atoms with Gasteiger partial charge in [-0.15, -0.1) is 0 Å². The maximum Gasteiger partial charge on any atom is 0.0249 e. The maximum atomic E-state index is 3.62. The number of rotatable bonds is 2. The van der Waals surface area contributed by atoms with Gasteiger partial charge in [0.2, 0.25) is 0 Å². The second-order valence-corrected chi connectivity index (χ2v) is 6.86. The summed E-state index contributed by atoms with van der Waals surface area (Å²) in [7, 11) is 2.18. The summed E-state index contributed by atoms with van der Waals surface area (Å²) in [6.07, 6.45) is 13.2. The maximum absolute atomic E-state index is 3.62. The van der Waals surface area contributed by atoms with E-state index in [1.807, 2.05) is 0 Å². The monoisotopic (exact) mass is 250 g/mol. The Labute approximate surface area is 113 Å². The van der Waals surface area contributed by atoms with Crippen molar-refractivity contribution in [3.05, 3.63) is 0 Å². The molecule has 2 heteroatoms. The number of hydrogen-bond acceptors (Lipinski definition) is 2. The van der Waals surface area contributed by atoms with E-state index >= 15 is 0 Å². The van der Waals surface area contributed by atoms with Gasteiger partial charge in [-0.3, -0.25) is 4.90 Å². The van der Waals surface area contributed by atoms with E-state index in [2.05, 4.69) is 17.3 Å². The molecule has 4 atom stereocenters. The lowest BCUT2D eigenvalue weighted by Crippen LogP contribution is -2.49. The van der Waals surface area contributed by atoms with Crippen molar-refractivity contribution in [3.63, 3.8) is 0 Å². The molecule has 1 N–H and O–H groups in total. The lowest BCUT2D eigenvalue weighted by Gasteiger charge is -2.36. The van der Waals surface area contributed by atoms with Gasteiger partial charge in [-0.1, -0.05) is 32.1 Å². The Morgan fingerprint density at radius 3 is 2.11 bits per heavy atom. The highest BCUT2D eigenvalue weighted by Crippen LogP contribution is 2.39. The highest BCUT2D eigenvalue weighted by Gasteiger charge is 2.40. The van der Waals surface area contributed by atoms with Gasteiger partial charge in [0, 0.05) is 25.2 Å². The summed E-state index contributed by atoms with van der Waals surface area (Å²) in [6.45, 7) is 2.82. The molecule has 1 heterocycles. The van der Waals surface area contributed by atoms with Crippen LogP contribution in [0.5, 0.6) is 0 Å². The van der Waals surface area contributed by atoms with E-state index in [9.17, 15) is 0 Å². The topological polar surface area (TPSA) is 15.3 Å². The first kappa shape index (κ1) is 12.9. The van der Waals surface area contributed by atoms with Crippen LogP contribution in [0.2, 0.25) is 0 Å². The van der Waals surface area contributed by atoms with Crippen LogP contribution in [0.15, 0.2) is 0 Å². The largest absolute Gasteiger partial charge is 0.315 e. The predicted molar refractivity (Wildman–Crippen MR) is 76.7 cm³/mol. The van der Waals surface area contributed by atoms with Gasteiger partial charge in [0.15, 0.2) is 0 Å². The highest BCUT2D eigenvalue weighted by atomic mass is 15.2. The van der Waals surface area contributed by atoms with Gasteiger partial charge in [0.25, 0.3) is 0 Å². The zero-order valence-electron chi connectivity index (χ0n) is 12.0. The van der Waals surface area contributed by atoms with E-state index < -0.39 is 0 Å². The van der Waals surface area contributed by atoms with Gasteiger partial charge in [-0.25, -0.2) is 0 Å². The molecule has 2 nitrogen and oxygen atoms in total. The van der Waals surface area contributed by atoms with Gasteiger partial charge in [0.05, 0.1) is 0 Å². The summed E-state index contributed by atoms with van der Waals surface area (Å²) in [6, 6.07) is 1.59. The second-order valence-electron chi connectivity index (χ2n) is 6.86. The smallest absolute Gasteiger partial charge is 0.0249 e. The molecule has 2 saturated carbocycles. The second kappa shape index (κ2) is 5.92. The van der Waals surface area contributed by atoms with Crippen molar-refractivity contribution >= 4 is 0 Å². The molecule has 0 radical (unpaired) electrons. The van der Waals surface area contributed by atoms with Crippen LogP contribution in [0.1, 0.15) is 57.8 Å². The van der Waals surface area contributed by atoms with Crippen molar-refractivity contribution in [2.45, 2.75) is 69.9 Å². The Hall–Kier alpha value is -0.0800. The molecule has 0 aromatic carbocycles. The molecule has 1 saturated heterocycles. The first-order valence-corrected chi connectivity index (χ1v) is 8.30. The number of nitrogens with one attached hydrogen (secondary N) is 1. The Morgan fingerprint density at radius 2 is 1.44 bits per heavy atom. The van der Waals surface area contributed by atoms with Crippen molar-refractivity contribution in [1.82, 2.24) is 10.2 Å². The van der Waals surface area contributed by atoms with Crippen LogP contribution in [0.3, 0.4) is 0 Å². The third-order valence-electron chi connectivity index (χ3n) is 5.82. The van der Waals surface area contributed by atoms with E-state index in [0.29, 0.717) is 0 Å². The Morgan fingerprint density at radius 1 is 0.778 bits per heavy atom. The minimum Gasteiger partial charge on any atom is -0.315 e. The quantitative estimate of drug-likeness (QED) is 0.810. The molecule has 2 aliphatic carbocycles. The molecule has 3 aliphatic rings. The highest BCUT2D eigenvalue weighted by molar-refractivity contribution is 4.94. The van der Waals surface area contributed by atoms with Gasteiger partial charge in [-0.05, 0) is 44.6 Å². The third-order valence-corrected chi connectivity index (χ3v) is 5.82. The lowest BCUT2D eigenvalue weighted by molar-refractivity contribution is 0.155. The van der Waals surface area contributed by atoms with Gasteiger partial charge in [0.1, 0.15) is 0 Å². The predicted octanol–water partition coefficient (Wildman–Crippen LogP) is 3.03. The van der Waals surface area contributed by atoms with Crippen molar-refractivity contribution < 1.29 is 0 Å². The SMILES string of the molecule is CNC1CCCCCCC1N1CC2CCCC2C1. The Bertz CT molecular complexity index is 254. The zero-order valence-corrected chi connectivity index (χ0v) is 12.0. The molecule has 104 valence electrons. The number of likely N-dealkylation sites (N-methyl/N-ethyl adjacent to an activating group) is 1. The van der Waals surface area contributed by atoms with E-state index in [-0.39, 0.29) is 0 Å². The molecule has 1 aliphatic heterocycles. The normalized spacial score (nSPS) is 42.5. The standard InChI is InChI=1S/C16H30N2/c1-17-15-9-4-2-3-5-10-16(15)18-11-13-7-6-8-14(13)12-18/h13-17H,2-12H2,1H3. The van der Waals surface area contributed by atoms with E-state index in [1.165, 1.54) is 70.9 Å². The van der Waals surface area contributed by atoms with E-state index in [0.717, 1.165) is 23.9 Å². The fourth-order valence-corrected chi connectivity index (χ4v) is 4.78. The minimum absolute atomic E-state index is 0.754. The summed E-state index contributed by atoms with van der Waals surface area (Å²) < 4.78 is 0. The van der Waals surface area contributed by atoms with Crippen LogP contribution in [0.4, 0.5) is 0 Å². The summed E-state index contributed by atoms with van der Waals surface area (Å²) >= 11 is 0. The fourth-order valence-electron chi connectivity index (χ4n) is 4.78. The average Bonchev–Trinajstić information content (AvgIpc) is 2.89. The van der Waals surface area contributed by atoms with Crippen molar-refractivity contribution in [1.29, 1.82) is 0 Å². The summed E-state index contributed by atoms with van der Waals surface area (Å²) in [5.74, 6) is 2.10. The molecule has 0 spiro atoms. The molecule has 0 bridgehead atoms. The van der Waals surface area contributed by atoms with Crippen LogP contribution in [0.25, 0.3) is 0 Å². The summed E-state index contributed by atoms with van der Waals surface area (Å²) in [4.78, 5) is 2.86. The Kier molecular flexibility index (Phi) is 4.25. The molecule has 3 rings (SSSR count). The third kappa shape index (κ3) is 2.60. The van der Waals surface area contributed by atoms with E-state index in [4.69, 9.17) is 0 Å². The number of nitrogens with zero attached hydrogens (tertiary/aromatic N) is 1. The lowest BCUT2D eigenvalue weighted by atomic mass is 9.91. The van der Waals surface area contributed by atoms with E-state index in [1.54, 1.807) is 0 Å². The van der Waals surface area contributed by atoms with Crippen LogP contribution >= 0.6 is 0 Å². The van der Waals surface area contributed by atoms with Crippen molar-refractivity contribution in [3.8, 4) is 0 Å². The van der Waals surface area contributed by atoms with Gasteiger partial charge < -0.3 is 5.32 Å². The summed E-state index contributed by atoms with van der Waals surface area (Å²) in [5, 5.41) is 3.62. The number of likely N-dealkylation sites (tertiary alicyclic amines) is 1. The molecule has 0 amide bonds. The van der Waals surface area contributed by atoms with Crippen LogP contribution in [-0.2, 0) is 0 Å². The van der Waals surface area contributed by atoms with Crippen molar-refractivity contribution in [2.75, 3.05) is 20.1 Å². The fraction of sp³-hybridized carbons (Fsp3) is 1.00. The van der Waals surface area contributed by atoms with Crippen LogP contribution in [0, 0.1) is 11.8 Å². The number of fused-ring (bicyclic) bond motifs is 1.